The lowest BCUT2D eigenvalue weighted by Crippen LogP contribution is -2.11. The molecule has 0 saturated carbocycles. The lowest BCUT2D eigenvalue weighted by molar-refractivity contribution is 0.535. The van der Waals surface area contributed by atoms with Gasteiger partial charge in [-0.25, -0.2) is 4.98 Å². The molecule has 2 heterocycles. The highest BCUT2D eigenvalue weighted by Crippen LogP contribution is 2.27. The highest BCUT2D eigenvalue weighted by atomic mass is 15.1. The van der Waals surface area contributed by atoms with Gasteiger partial charge in [0.25, 0.3) is 0 Å². The summed E-state index contributed by atoms with van der Waals surface area (Å²) in [6.45, 7) is 3.05. The first-order valence-electron chi connectivity index (χ1n) is 6.36. The number of hydrogen-bond donors (Lipinski definition) is 0. The Morgan fingerprint density at radius 2 is 2.00 bits per heavy atom. The maximum absolute atomic E-state index is 9.17. The van der Waals surface area contributed by atoms with E-state index in [1.54, 1.807) is 0 Å². The third kappa shape index (κ3) is 1.70. The Kier molecular flexibility index (Phi) is 2.64. The Bertz CT molecular complexity index is 614. The summed E-state index contributed by atoms with van der Waals surface area (Å²) in [5, 5.41) is 9.17. The topological polar surface area (TPSA) is 41.6 Å². The van der Waals surface area contributed by atoms with Crippen LogP contribution in [0.3, 0.4) is 0 Å². The molecule has 3 rings (SSSR count). The number of nitrogens with zero attached hydrogens (tertiary/aromatic N) is 3. The standard InChI is InChI=1S/C15H15N3/c1-11-5-7-12(8-6-11)15-17-13(10-16)14-4-2-3-9-18(14)15/h5-8H,2-4,9H2,1H3. The SMILES string of the molecule is Cc1ccc(-c2nc(C#N)c3n2CCCC3)cc1. The van der Waals surface area contributed by atoms with Crippen molar-refractivity contribution < 1.29 is 0 Å². The smallest absolute Gasteiger partial charge is 0.162 e. The summed E-state index contributed by atoms with van der Waals surface area (Å²) in [5.41, 5.74) is 4.06. The van der Waals surface area contributed by atoms with Gasteiger partial charge in [0.2, 0.25) is 0 Å². The van der Waals surface area contributed by atoms with Crippen LogP contribution in [0.1, 0.15) is 29.8 Å². The fraction of sp³-hybridized carbons (Fsp3) is 0.333. The molecule has 2 aromatic rings. The lowest BCUT2D eigenvalue weighted by atomic mass is 10.1. The van der Waals surface area contributed by atoms with E-state index in [4.69, 9.17) is 0 Å². The van der Waals surface area contributed by atoms with E-state index in [-0.39, 0.29) is 0 Å². The van der Waals surface area contributed by atoms with Crippen LogP contribution in [0.4, 0.5) is 0 Å². The molecule has 0 unspecified atom stereocenters. The summed E-state index contributed by atoms with van der Waals surface area (Å²) in [4.78, 5) is 4.51. The number of benzene rings is 1. The van der Waals surface area contributed by atoms with Gasteiger partial charge in [0.1, 0.15) is 11.9 Å². The monoisotopic (exact) mass is 237 g/mol. The molecule has 3 heteroatoms. The van der Waals surface area contributed by atoms with Gasteiger partial charge in [-0.2, -0.15) is 5.26 Å². The number of nitriles is 1. The molecular formula is C15H15N3. The molecule has 0 aliphatic carbocycles. The Morgan fingerprint density at radius 1 is 1.22 bits per heavy atom. The zero-order valence-electron chi connectivity index (χ0n) is 10.5. The van der Waals surface area contributed by atoms with Crippen LogP contribution in [-0.2, 0) is 13.0 Å². The van der Waals surface area contributed by atoms with Crippen LogP contribution in [0.25, 0.3) is 11.4 Å². The van der Waals surface area contributed by atoms with Crippen LogP contribution in [0.15, 0.2) is 24.3 Å². The molecule has 0 bridgehead atoms. The van der Waals surface area contributed by atoms with Gasteiger partial charge in [0, 0.05) is 12.1 Å². The fourth-order valence-electron chi connectivity index (χ4n) is 2.56. The second kappa shape index (κ2) is 4.30. The fourth-order valence-corrected chi connectivity index (χ4v) is 2.56. The van der Waals surface area contributed by atoms with Crippen molar-refractivity contribution in [3.63, 3.8) is 0 Å². The average Bonchev–Trinajstić information content (AvgIpc) is 2.79. The second-order valence-corrected chi connectivity index (χ2v) is 4.82. The van der Waals surface area contributed by atoms with Crippen molar-refractivity contribution in [3.8, 4) is 17.5 Å². The van der Waals surface area contributed by atoms with Crippen molar-refractivity contribution in [1.82, 2.24) is 9.55 Å². The molecule has 1 aliphatic rings. The van der Waals surface area contributed by atoms with Gasteiger partial charge >= 0.3 is 0 Å². The molecule has 18 heavy (non-hydrogen) atoms. The van der Waals surface area contributed by atoms with Gasteiger partial charge in [-0.3, -0.25) is 0 Å². The van der Waals surface area contributed by atoms with Gasteiger partial charge in [-0.1, -0.05) is 29.8 Å². The maximum atomic E-state index is 9.17. The molecule has 0 spiro atoms. The van der Waals surface area contributed by atoms with Gasteiger partial charge in [0.15, 0.2) is 5.69 Å². The first-order chi connectivity index (χ1) is 8.79. The van der Waals surface area contributed by atoms with Crippen LogP contribution in [0.2, 0.25) is 0 Å². The van der Waals surface area contributed by atoms with E-state index in [9.17, 15) is 5.26 Å². The highest BCUT2D eigenvalue weighted by Gasteiger charge is 2.20. The van der Waals surface area contributed by atoms with Crippen LogP contribution < -0.4 is 0 Å². The Morgan fingerprint density at radius 3 is 2.72 bits per heavy atom. The lowest BCUT2D eigenvalue weighted by Gasteiger charge is -2.16. The van der Waals surface area contributed by atoms with Gasteiger partial charge in [-0.15, -0.1) is 0 Å². The van der Waals surface area contributed by atoms with E-state index in [0.717, 1.165) is 36.5 Å². The van der Waals surface area contributed by atoms with Crippen molar-refractivity contribution in [1.29, 1.82) is 5.26 Å². The minimum Gasteiger partial charge on any atom is -0.327 e. The number of rotatable bonds is 1. The van der Waals surface area contributed by atoms with Crippen LogP contribution in [-0.4, -0.2) is 9.55 Å². The van der Waals surface area contributed by atoms with Crippen molar-refractivity contribution in [2.45, 2.75) is 32.7 Å². The molecule has 1 aliphatic heterocycles. The van der Waals surface area contributed by atoms with Crippen molar-refractivity contribution >= 4 is 0 Å². The van der Waals surface area contributed by atoms with Crippen molar-refractivity contribution in [2.24, 2.45) is 0 Å². The Hall–Kier alpha value is -2.08. The molecule has 0 fully saturated rings. The number of imidazole rings is 1. The van der Waals surface area contributed by atoms with Gasteiger partial charge in [-0.05, 0) is 26.2 Å². The number of aryl methyl sites for hydroxylation is 1. The molecule has 0 radical (unpaired) electrons. The largest absolute Gasteiger partial charge is 0.327 e. The summed E-state index contributed by atoms with van der Waals surface area (Å²) >= 11 is 0. The van der Waals surface area contributed by atoms with Crippen molar-refractivity contribution in [3.05, 3.63) is 41.2 Å². The maximum Gasteiger partial charge on any atom is 0.162 e. The summed E-state index contributed by atoms with van der Waals surface area (Å²) in [7, 11) is 0. The predicted octanol–water partition coefficient (Wildman–Crippen LogP) is 3.07. The number of hydrogen-bond acceptors (Lipinski definition) is 2. The van der Waals surface area contributed by atoms with E-state index < -0.39 is 0 Å². The van der Waals surface area contributed by atoms with Crippen LogP contribution in [0, 0.1) is 18.3 Å². The van der Waals surface area contributed by atoms with E-state index in [2.05, 4.69) is 46.8 Å². The minimum absolute atomic E-state index is 0.602. The summed E-state index contributed by atoms with van der Waals surface area (Å²) in [6.07, 6.45) is 3.31. The Balaban J connectivity index is 2.15. The van der Waals surface area contributed by atoms with E-state index in [1.165, 1.54) is 12.0 Å². The summed E-state index contributed by atoms with van der Waals surface area (Å²) in [6, 6.07) is 10.6. The third-order valence-corrected chi connectivity index (χ3v) is 3.53. The van der Waals surface area contributed by atoms with E-state index in [1.807, 2.05) is 0 Å². The predicted molar refractivity (Wildman–Crippen MR) is 70.1 cm³/mol. The van der Waals surface area contributed by atoms with E-state index >= 15 is 0 Å². The molecular weight excluding hydrogens is 222 g/mol. The molecule has 0 atom stereocenters. The number of aromatic nitrogens is 2. The molecule has 1 aromatic heterocycles. The molecule has 3 nitrogen and oxygen atoms in total. The molecule has 0 saturated heterocycles. The zero-order valence-corrected chi connectivity index (χ0v) is 10.5. The molecule has 1 aromatic carbocycles. The highest BCUT2D eigenvalue weighted by molar-refractivity contribution is 5.58. The van der Waals surface area contributed by atoms with Crippen LogP contribution >= 0.6 is 0 Å². The van der Waals surface area contributed by atoms with Crippen LogP contribution in [0.5, 0.6) is 0 Å². The summed E-state index contributed by atoms with van der Waals surface area (Å²) < 4.78 is 2.22. The zero-order chi connectivity index (χ0) is 12.5. The second-order valence-electron chi connectivity index (χ2n) is 4.82. The van der Waals surface area contributed by atoms with Gasteiger partial charge < -0.3 is 4.57 Å². The quantitative estimate of drug-likeness (QED) is 0.764. The molecule has 90 valence electrons. The van der Waals surface area contributed by atoms with Gasteiger partial charge in [0.05, 0.1) is 5.69 Å². The number of fused-ring (bicyclic) bond motifs is 1. The average molecular weight is 237 g/mol. The molecule has 0 N–H and O–H groups in total. The first kappa shape index (κ1) is 11.0. The minimum atomic E-state index is 0.602. The van der Waals surface area contributed by atoms with Crippen molar-refractivity contribution in [2.75, 3.05) is 0 Å². The van der Waals surface area contributed by atoms with E-state index in [0.29, 0.717) is 5.69 Å². The summed E-state index contributed by atoms with van der Waals surface area (Å²) in [5.74, 6) is 0.946. The Labute approximate surface area is 107 Å². The third-order valence-electron chi connectivity index (χ3n) is 3.53. The normalized spacial score (nSPS) is 14.0. The first-order valence-corrected chi connectivity index (χ1v) is 6.36. The molecule has 0 amide bonds.